The van der Waals surface area contributed by atoms with Crippen LogP contribution in [0.1, 0.15) is 36.5 Å². The first kappa shape index (κ1) is 31.8. The average molecular weight is 601 g/mol. The van der Waals surface area contributed by atoms with Crippen molar-refractivity contribution >= 4 is 43.7 Å². The number of rotatable bonds is 11. The number of fused-ring (bicyclic) bond motifs is 3. The largest absolute Gasteiger partial charge is 0.490 e. The number of carboxylic acid groups (broad SMARTS) is 1. The van der Waals surface area contributed by atoms with E-state index in [1.165, 1.54) is 0 Å². The fourth-order valence-electron chi connectivity index (χ4n) is 4.24. The molecule has 4 aromatic rings. The number of ether oxygens (including phenoxy) is 1. The Balaban J connectivity index is 0.000000587. The van der Waals surface area contributed by atoms with Crippen LogP contribution < -0.4 is 10.5 Å². The summed E-state index contributed by atoms with van der Waals surface area (Å²) in [6.45, 7) is 4.84. The molecule has 4 N–H and O–H groups in total. The Hall–Kier alpha value is -3.76. The molecule has 3 heterocycles. The van der Waals surface area contributed by atoms with E-state index in [-0.39, 0.29) is 4.90 Å². The number of anilines is 1. The number of unbranched alkanes of at least 4 members (excludes halogenated alkanes) is 2. The summed E-state index contributed by atoms with van der Waals surface area (Å²) in [5.74, 6) is -1.14. The molecule has 0 radical (unpaired) electrons. The van der Waals surface area contributed by atoms with Crippen LogP contribution in [0.5, 0.6) is 0 Å². The zero-order chi connectivity index (χ0) is 30.4. The minimum Gasteiger partial charge on any atom is -0.475 e. The zero-order valence-corrected chi connectivity index (χ0v) is 23.5. The lowest BCUT2D eigenvalue weighted by atomic mass is 10.1. The van der Waals surface area contributed by atoms with Gasteiger partial charge in [-0.15, -0.1) is 0 Å². The fourth-order valence-corrected chi connectivity index (χ4v) is 5.64. The average Bonchev–Trinajstić information content (AvgIpc) is 3.44. The molecule has 0 amide bonds. The van der Waals surface area contributed by atoms with Crippen molar-refractivity contribution in [2.75, 3.05) is 26.0 Å². The quantitative estimate of drug-likeness (QED) is 0.215. The highest BCUT2D eigenvalue weighted by atomic mass is 32.2. The van der Waals surface area contributed by atoms with Gasteiger partial charge in [0, 0.05) is 32.0 Å². The molecule has 0 aliphatic rings. The fraction of sp³-hybridized carbons (Fsp3) is 0.440. The molecule has 0 atom stereocenters. The van der Waals surface area contributed by atoms with Gasteiger partial charge in [-0.05, 0) is 32.8 Å². The highest BCUT2D eigenvalue weighted by Crippen LogP contribution is 2.29. The standard InChI is InChI=1S/C23H30N6O4S.C2HF3O2/c1-15-22(16(2)33-28-15)34(30,31)25-12-7-4-8-13-29-19(11-14-32-3)27-20-21(29)17-9-5-6-10-18(17)26-23(20)24;3-2(4,5)1(6)7/h5-6,9-10,25H,4,7-8,11-14H2,1-3H3,(H2,24,26);(H,6,7). The number of nitrogen functional groups attached to an aromatic ring is 1. The number of hydrogen-bond acceptors (Lipinski definition) is 9. The van der Waals surface area contributed by atoms with Crippen molar-refractivity contribution in [1.82, 2.24) is 24.4 Å². The molecule has 0 saturated heterocycles. The monoisotopic (exact) mass is 600 g/mol. The van der Waals surface area contributed by atoms with E-state index in [1.54, 1.807) is 21.0 Å². The summed E-state index contributed by atoms with van der Waals surface area (Å²) in [6, 6.07) is 7.90. The number of para-hydroxylation sites is 1. The van der Waals surface area contributed by atoms with E-state index in [1.807, 2.05) is 24.3 Å². The summed E-state index contributed by atoms with van der Waals surface area (Å²) in [4.78, 5) is 18.3. The van der Waals surface area contributed by atoms with Gasteiger partial charge in [0.05, 0.1) is 17.6 Å². The van der Waals surface area contributed by atoms with E-state index in [0.29, 0.717) is 48.8 Å². The van der Waals surface area contributed by atoms with E-state index in [2.05, 4.69) is 19.4 Å². The normalized spacial score (nSPS) is 12.0. The lowest BCUT2D eigenvalue weighted by molar-refractivity contribution is -0.192. The first-order chi connectivity index (χ1) is 19.3. The Bertz CT molecular complexity index is 1600. The molecular weight excluding hydrogens is 569 g/mol. The summed E-state index contributed by atoms with van der Waals surface area (Å²) in [5, 5.41) is 11.9. The summed E-state index contributed by atoms with van der Waals surface area (Å²) in [5.41, 5.74) is 9.12. The molecule has 0 spiro atoms. The number of imidazole rings is 1. The Labute approximate surface area is 233 Å². The molecule has 0 fully saturated rings. The van der Waals surface area contributed by atoms with Gasteiger partial charge in [0.25, 0.3) is 0 Å². The highest BCUT2D eigenvalue weighted by molar-refractivity contribution is 7.89. The second kappa shape index (κ2) is 13.3. The number of sulfonamides is 1. The van der Waals surface area contributed by atoms with Crippen molar-refractivity contribution < 1.29 is 40.8 Å². The summed E-state index contributed by atoms with van der Waals surface area (Å²) >= 11 is 0. The molecule has 16 heteroatoms. The Kier molecular flexibility index (Phi) is 10.3. The van der Waals surface area contributed by atoms with Gasteiger partial charge >= 0.3 is 12.1 Å². The minimum absolute atomic E-state index is 0.123. The number of alkyl halides is 3. The van der Waals surface area contributed by atoms with Gasteiger partial charge in [0.2, 0.25) is 10.0 Å². The van der Waals surface area contributed by atoms with Gasteiger partial charge in [0.15, 0.2) is 11.6 Å². The first-order valence-corrected chi connectivity index (χ1v) is 14.0. The first-order valence-electron chi connectivity index (χ1n) is 12.5. The number of pyridine rings is 1. The number of benzene rings is 1. The van der Waals surface area contributed by atoms with Gasteiger partial charge in [0.1, 0.15) is 21.9 Å². The number of aromatic nitrogens is 4. The van der Waals surface area contributed by atoms with Crippen molar-refractivity contribution in [2.24, 2.45) is 0 Å². The molecule has 0 saturated carbocycles. The number of aliphatic carboxylic acids is 1. The van der Waals surface area contributed by atoms with Crippen LogP contribution in [-0.2, 0) is 32.5 Å². The molecule has 0 aliphatic carbocycles. The number of carbonyl (C=O) groups is 1. The van der Waals surface area contributed by atoms with Crippen molar-refractivity contribution in [1.29, 1.82) is 0 Å². The van der Waals surface area contributed by atoms with Crippen LogP contribution in [0.2, 0.25) is 0 Å². The second-order valence-corrected chi connectivity index (χ2v) is 10.8. The maximum Gasteiger partial charge on any atom is 0.490 e. The van der Waals surface area contributed by atoms with E-state index >= 15 is 0 Å². The zero-order valence-electron chi connectivity index (χ0n) is 22.7. The Morgan fingerprint density at radius 1 is 1.17 bits per heavy atom. The molecule has 0 aliphatic heterocycles. The summed E-state index contributed by atoms with van der Waals surface area (Å²) in [6.07, 6.45) is -2.02. The van der Waals surface area contributed by atoms with Crippen molar-refractivity contribution in [3.05, 3.63) is 41.5 Å². The van der Waals surface area contributed by atoms with E-state index in [9.17, 15) is 21.6 Å². The maximum atomic E-state index is 12.5. The third kappa shape index (κ3) is 7.71. The number of aryl methyl sites for hydroxylation is 3. The lowest BCUT2D eigenvalue weighted by Gasteiger charge is -2.11. The predicted molar refractivity (Wildman–Crippen MR) is 144 cm³/mol. The van der Waals surface area contributed by atoms with Crippen LogP contribution in [-0.4, -0.2) is 65.6 Å². The number of nitrogens with zero attached hydrogens (tertiary/aromatic N) is 4. The van der Waals surface area contributed by atoms with Crippen LogP contribution >= 0.6 is 0 Å². The molecule has 224 valence electrons. The molecule has 1 aromatic carbocycles. The highest BCUT2D eigenvalue weighted by Gasteiger charge is 2.38. The van der Waals surface area contributed by atoms with Crippen LogP contribution in [0.3, 0.4) is 0 Å². The number of halogens is 3. The lowest BCUT2D eigenvalue weighted by Crippen LogP contribution is -2.25. The van der Waals surface area contributed by atoms with Gasteiger partial charge < -0.3 is 24.7 Å². The van der Waals surface area contributed by atoms with Crippen molar-refractivity contribution in [3.8, 4) is 0 Å². The number of nitrogens with one attached hydrogen (secondary N) is 1. The predicted octanol–water partition coefficient (Wildman–Crippen LogP) is 3.74. The van der Waals surface area contributed by atoms with E-state index < -0.39 is 22.2 Å². The van der Waals surface area contributed by atoms with E-state index in [0.717, 1.165) is 41.6 Å². The molecule has 4 rings (SSSR count). The van der Waals surface area contributed by atoms with Gasteiger partial charge in [-0.3, -0.25) is 0 Å². The van der Waals surface area contributed by atoms with Gasteiger partial charge in [-0.2, -0.15) is 13.2 Å². The molecule has 41 heavy (non-hydrogen) atoms. The SMILES string of the molecule is COCCc1nc2c(N)nc3ccccc3c2n1CCCCCNS(=O)(=O)c1c(C)noc1C.O=C(O)C(F)(F)F. The third-order valence-electron chi connectivity index (χ3n) is 6.05. The third-order valence-corrected chi connectivity index (χ3v) is 7.75. The topological polar surface area (TPSA) is 175 Å². The van der Waals surface area contributed by atoms with Crippen molar-refractivity contribution in [2.45, 2.75) is 57.1 Å². The van der Waals surface area contributed by atoms with Gasteiger partial charge in [-0.1, -0.05) is 29.8 Å². The van der Waals surface area contributed by atoms with E-state index in [4.69, 9.17) is 29.9 Å². The molecule has 3 aromatic heterocycles. The van der Waals surface area contributed by atoms with Crippen LogP contribution in [0.15, 0.2) is 33.7 Å². The van der Waals surface area contributed by atoms with Gasteiger partial charge in [-0.25, -0.2) is 27.9 Å². The number of hydrogen-bond donors (Lipinski definition) is 3. The number of methoxy groups -OCH3 is 1. The Morgan fingerprint density at radius 2 is 1.85 bits per heavy atom. The minimum atomic E-state index is -5.08. The molecular formula is C25H31F3N6O6S. The summed E-state index contributed by atoms with van der Waals surface area (Å²) < 4.78 is 71.9. The van der Waals surface area contributed by atoms with Crippen molar-refractivity contribution in [3.63, 3.8) is 0 Å². The summed E-state index contributed by atoms with van der Waals surface area (Å²) in [7, 11) is -1.97. The second-order valence-electron chi connectivity index (χ2n) is 9.05. The van der Waals surface area contributed by atoms with Crippen LogP contribution in [0, 0.1) is 13.8 Å². The van der Waals surface area contributed by atoms with Crippen LogP contribution in [0.4, 0.5) is 19.0 Å². The Morgan fingerprint density at radius 3 is 2.46 bits per heavy atom. The molecule has 12 nitrogen and oxygen atoms in total. The maximum absolute atomic E-state index is 12.5. The smallest absolute Gasteiger partial charge is 0.475 e. The van der Waals surface area contributed by atoms with Crippen LogP contribution in [0.25, 0.3) is 21.9 Å². The molecule has 0 bridgehead atoms. The number of carboxylic acids is 1. The number of nitrogens with two attached hydrogens (primary N) is 1. The molecule has 0 unspecified atom stereocenters.